The lowest BCUT2D eigenvalue weighted by molar-refractivity contribution is -0.134. The van der Waals surface area contributed by atoms with E-state index in [0.29, 0.717) is 5.92 Å². The van der Waals surface area contributed by atoms with Crippen LogP contribution in [0.4, 0.5) is 0 Å². The first-order valence-corrected chi connectivity index (χ1v) is 6.45. The molecule has 0 bridgehead atoms. The summed E-state index contributed by atoms with van der Waals surface area (Å²) in [5.41, 5.74) is 0. The molecule has 0 aliphatic carbocycles. The summed E-state index contributed by atoms with van der Waals surface area (Å²) in [5, 5.41) is 0. The van der Waals surface area contributed by atoms with E-state index in [9.17, 15) is 4.79 Å². The first-order chi connectivity index (χ1) is 7.70. The van der Waals surface area contributed by atoms with Crippen LogP contribution in [-0.2, 0) is 9.53 Å². The highest BCUT2D eigenvalue weighted by atomic mass is 16.5. The molecule has 0 saturated carbocycles. The summed E-state index contributed by atoms with van der Waals surface area (Å²) in [6.07, 6.45) is 12.4. The summed E-state index contributed by atoms with van der Waals surface area (Å²) < 4.78 is 4.53. The summed E-state index contributed by atoms with van der Waals surface area (Å²) in [6, 6.07) is 0. The van der Waals surface area contributed by atoms with Crippen molar-refractivity contribution in [2.75, 3.05) is 7.11 Å². The highest BCUT2D eigenvalue weighted by Crippen LogP contribution is 2.14. The highest BCUT2D eigenvalue weighted by Gasteiger charge is 2.00. The van der Waals surface area contributed by atoms with Crippen LogP contribution in [0.5, 0.6) is 0 Å². The average Bonchev–Trinajstić information content (AvgIpc) is 2.28. The van der Waals surface area contributed by atoms with Crippen LogP contribution >= 0.6 is 0 Å². The number of ether oxygens (including phenoxy) is 1. The fraction of sp³-hybridized carbons (Fsp3) is 0.786. The van der Waals surface area contributed by atoms with Crippen LogP contribution in [0.25, 0.3) is 0 Å². The second-order valence-electron chi connectivity index (χ2n) is 4.47. The quantitative estimate of drug-likeness (QED) is 0.336. The molecule has 0 fully saturated rings. The van der Waals surface area contributed by atoms with Gasteiger partial charge < -0.3 is 4.74 Å². The largest absolute Gasteiger partial charge is 0.466 e. The van der Waals surface area contributed by atoms with E-state index in [2.05, 4.69) is 18.6 Å². The number of hydrogen-bond donors (Lipinski definition) is 0. The van der Waals surface area contributed by atoms with Gasteiger partial charge in [-0.15, -0.1) is 0 Å². The van der Waals surface area contributed by atoms with Gasteiger partial charge in [0.25, 0.3) is 0 Å². The summed E-state index contributed by atoms with van der Waals surface area (Å²) in [4.78, 5) is 10.8. The van der Waals surface area contributed by atoms with E-state index in [0.717, 1.165) is 6.42 Å². The van der Waals surface area contributed by atoms with Gasteiger partial charge in [-0.2, -0.15) is 0 Å². The van der Waals surface area contributed by atoms with Gasteiger partial charge in [-0.3, -0.25) is 0 Å². The highest BCUT2D eigenvalue weighted by molar-refractivity contribution is 5.81. The molecular formula is C14H26O2. The Labute approximate surface area is 100 Å². The standard InChI is InChI=1S/C14H26O2/c1-4-5-6-7-8-10-13(2)11-9-12-14(15)16-3/h9,12-13H,4-8,10-11H2,1-3H3/t13-/m0/s1. The minimum Gasteiger partial charge on any atom is -0.466 e. The van der Waals surface area contributed by atoms with Crippen molar-refractivity contribution in [3.63, 3.8) is 0 Å². The van der Waals surface area contributed by atoms with Crippen LogP contribution in [0, 0.1) is 5.92 Å². The number of carbonyl (C=O) groups excluding carboxylic acids is 1. The van der Waals surface area contributed by atoms with Gasteiger partial charge in [0.05, 0.1) is 7.11 Å². The zero-order valence-electron chi connectivity index (χ0n) is 11.0. The Balaban J connectivity index is 3.40. The third-order valence-corrected chi connectivity index (χ3v) is 2.79. The van der Waals surface area contributed by atoms with E-state index < -0.39 is 0 Å². The summed E-state index contributed by atoms with van der Waals surface area (Å²) >= 11 is 0. The number of allylic oxidation sites excluding steroid dienone is 1. The van der Waals surface area contributed by atoms with Crippen molar-refractivity contribution in [1.82, 2.24) is 0 Å². The van der Waals surface area contributed by atoms with Crippen LogP contribution in [0.3, 0.4) is 0 Å². The number of esters is 1. The predicted octanol–water partition coefficient (Wildman–Crippen LogP) is 4.10. The Bertz CT molecular complexity index is 197. The molecule has 1 atom stereocenters. The lowest BCUT2D eigenvalue weighted by atomic mass is 9.99. The van der Waals surface area contributed by atoms with Crippen molar-refractivity contribution < 1.29 is 9.53 Å². The first kappa shape index (κ1) is 15.2. The number of rotatable bonds is 9. The van der Waals surface area contributed by atoms with E-state index in [-0.39, 0.29) is 5.97 Å². The molecule has 2 heteroatoms. The van der Waals surface area contributed by atoms with E-state index in [4.69, 9.17) is 0 Å². The van der Waals surface area contributed by atoms with Crippen molar-refractivity contribution in [2.24, 2.45) is 5.92 Å². The Morgan fingerprint density at radius 3 is 2.56 bits per heavy atom. The van der Waals surface area contributed by atoms with Crippen LogP contribution in [0.2, 0.25) is 0 Å². The van der Waals surface area contributed by atoms with Crippen molar-refractivity contribution in [3.05, 3.63) is 12.2 Å². The van der Waals surface area contributed by atoms with Gasteiger partial charge in [-0.05, 0) is 12.3 Å². The Morgan fingerprint density at radius 2 is 1.94 bits per heavy atom. The smallest absolute Gasteiger partial charge is 0.330 e. The Hall–Kier alpha value is -0.790. The van der Waals surface area contributed by atoms with Gasteiger partial charge in [0.15, 0.2) is 0 Å². The van der Waals surface area contributed by atoms with Crippen molar-refractivity contribution in [3.8, 4) is 0 Å². The molecule has 0 unspecified atom stereocenters. The van der Waals surface area contributed by atoms with Gasteiger partial charge >= 0.3 is 5.97 Å². The van der Waals surface area contributed by atoms with Crippen LogP contribution < -0.4 is 0 Å². The average molecular weight is 226 g/mol. The zero-order chi connectivity index (χ0) is 12.2. The van der Waals surface area contributed by atoms with Gasteiger partial charge in [-0.25, -0.2) is 4.79 Å². The Morgan fingerprint density at radius 1 is 1.25 bits per heavy atom. The van der Waals surface area contributed by atoms with E-state index in [1.54, 1.807) is 0 Å². The van der Waals surface area contributed by atoms with Gasteiger partial charge in [0.1, 0.15) is 0 Å². The maximum absolute atomic E-state index is 10.8. The van der Waals surface area contributed by atoms with Gasteiger partial charge in [-0.1, -0.05) is 58.4 Å². The third-order valence-electron chi connectivity index (χ3n) is 2.79. The van der Waals surface area contributed by atoms with Crippen LogP contribution in [0.1, 0.15) is 58.8 Å². The minimum atomic E-state index is -0.254. The zero-order valence-corrected chi connectivity index (χ0v) is 11.0. The van der Waals surface area contributed by atoms with Crippen molar-refractivity contribution >= 4 is 5.97 Å². The molecule has 0 saturated heterocycles. The molecule has 0 aromatic rings. The lowest BCUT2D eigenvalue weighted by Gasteiger charge is -2.07. The van der Waals surface area contributed by atoms with Crippen molar-refractivity contribution in [1.29, 1.82) is 0 Å². The van der Waals surface area contributed by atoms with E-state index >= 15 is 0 Å². The summed E-state index contributed by atoms with van der Waals surface area (Å²) in [7, 11) is 1.41. The fourth-order valence-corrected chi connectivity index (χ4v) is 1.68. The van der Waals surface area contributed by atoms with E-state index in [1.165, 1.54) is 51.7 Å². The SMILES string of the molecule is CCCCCCC[C@H](C)CC=CC(=O)OC. The minimum absolute atomic E-state index is 0.254. The third kappa shape index (κ3) is 9.75. The molecular weight excluding hydrogens is 200 g/mol. The normalized spacial score (nSPS) is 12.9. The fourth-order valence-electron chi connectivity index (χ4n) is 1.68. The summed E-state index contributed by atoms with van der Waals surface area (Å²) in [6.45, 7) is 4.47. The lowest BCUT2D eigenvalue weighted by Crippen LogP contribution is -1.96. The molecule has 0 radical (unpaired) electrons. The van der Waals surface area contributed by atoms with E-state index in [1.807, 2.05) is 6.08 Å². The molecule has 0 aliphatic rings. The first-order valence-electron chi connectivity index (χ1n) is 6.45. The molecule has 0 heterocycles. The van der Waals surface area contributed by atoms with Gasteiger partial charge in [0, 0.05) is 6.08 Å². The predicted molar refractivity (Wildman–Crippen MR) is 68.3 cm³/mol. The van der Waals surface area contributed by atoms with Crippen molar-refractivity contribution in [2.45, 2.75) is 58.8 Å². The Kier molecular flexibility index (Phi) is 10.2. The number of unbranched alkanes of at least 4 members (excludes halogenated alkanes) is 4. The maximum atomic E-state index is 10.8. The number of hydrogen-bond acceptors (Lipinski definition) is 2. The molecule has 0 aromatic carbocycles. The molecule has 0 amide bonds. The molecule has 16 heavy (non-hydrogen) atoms. The molecule has 94 valence electrons. The second kappa shape index (κ2) is 10.7. The molecule has 0 aromatic heterocycles. The second-order valence-corrected chi connectivity index (χ2v) is 4.47. The van der Waals surface area contributed by atoms with Gasteiger partial charge in [0.2, 0.25) is 0 Å². The molecule has 2 nitrogen and oxygen atoms in total. The molecule has 0 aliphatic heterocycles. The molecule has 0 N–H and O–H groups in total. The monoisotopic (exact) mass is 226 g/mol. The number of methoxy groups -OCH3 is 1. The maximum Gasteiger partial charge on any atom is 0.330 e. The molecule has 0 spiro atoms. The van der Waals surface area contributed by atoms with Crippen LogP contribution in [-0.4, -0.2) is 13.1 Å². The summed E-state index contributed by atoms with van der Waals surface area (Å²) in [5.74, 6) is 0.415. The molecule has 0 rings (SSSR count). The topological polar surface area (TPSA) is 26.3 Å². The number of carbonyl (C=O) groups is 1. The van der Waals surface area contributed by atoms with Crippen LogP contribution in [0.15, 0.2) is 12.2 Å².